The largest absolute Gasteiger partial charge is 0.460 e. The molecule has 104 valence electrons. The maximum Gasteiger partial charge on any atom is 0.376 e. The number of ether oxygens (including phenoxy) is 1. The summed E-state index contributed by atoms with van der Waals surface area (Å²) < 4.78 is 6.89. The quantitative estimate of drug-likeness (QED) is 0.795. The first kappa shape index (κ1) is 13.2. The van der Waals surface area contributed by atoms with E-state index in [-0.39, 0.29) is 5.82 Å². The lowest BCUT2D eigenvalue weighted by Gasteiger charge is -2.10. The number of carbonyl (C=O) groups excluding carboxylic acids is 1. The van der Waals surface area contributed by atoms with Crippen LogP contribution in [0, 0.1) is 0 Å². The number of esters is 1. The Morgan fingerprint density at radius 3 is 3.05 bits per heavy atom. The minimum atomic E-state index is -0.430. The summed E-state index contributed by atoms with van der Waals surface area (Å²) in [6, 6.07) is 7.99. The van der Waals surface area contributed by atoms with Gasteiger partial charge in [0, 0.05) is 16.6 Å². The van der Waals surface area contributed by atoms with Crippen molar-refractivity contribution in [2.75, 3.05) is 6.61 Å². The highest BCUT2D eigenvalue weighted by Crippen LogP contribution is 2.35. The van der Waals surface area contributed by atoms with Crippen molar-refractivity contribution in [2.24, 2.45) is 0 Å². The summed E-state index contributed by atoms with van der Waals surface area (Å²) >= 11 is 1.79. The molecule has 0 amide bonds. The van der Waals surface area contributed by atoms with Crippen LogP contribution in [0.5, 0.6) is 0 Å². The lowest BCUT2D eigenvalue weighted by molar-refractivity contribution is 0.0509. The third kappa shape index (κ3) is 2.20. The van der Waals surface area contributed by atoms with Gasteiger partial charge < -0.3 is 4.74 Å². The molecule has 1 atom stereocenters. The third-order valence-electron chi connectivity index (χ3n) is 3.09. The number of benzene rings is 1. The van der Waals surface area contributed by atoms with Crippen LogP contribution in [-0.2, 0) is 11.2 Å². The average Bonchev–Trinajstić information content (AvgIpc) is 2.77. The highest BCUT2D eigenvalue weighted by Gasteiger charge is 2.26. The maximum absolute atomic E-state index is 12.0. The molecule has 1 unspecified atom stereocenters. The molecule has 1 aromatic heterocycles. The molecule has 6 heteroatoms. The van der Waals surface area contributed by atoms with E-state index in [0.29, 0.717) is 11.9 Å². The molecule has 3 rings (SSSR count). The third-order valence-corrected chi connectivity index (χ3v) is 4.26. The number of thioether (sulfide) groups is 1. The second kappa shape index (κ2) is 5.28. The second-order valence-electron chi connectivity index (χ2n) is 4.60. The van der Waals surface area contributed by atoms with E-state index in [1.807, 2.05) is 22.8 Å². The van der Waals surface area contributed by atoms with Gasteiger partial charge in [0.05, 0.1) is 12.3 Å². The summed E-state index contributed by atoms with van der Waals surface area (Å²) in [5.41, 5.74) is 0.949. The van der Waals surface area contributed by atoms with Gasteiger partial charge in [-0.05, 0) is 19.1 Å². The lowest BCUT2D eigenvalue weighted by atomic mass is 10.2. The normalized spacial score (nSPS) is 17.0. The molecule has 1 aliphatic heterocycles. The number of aromatic nitrogens is 3. The summed E-state index contributed by atoms with van der Waals surface area (Å²) in [5, 5.41) is 8.57. The summed E-state index contributed by atoms with van der Waals surface area (Å²) in [4.78, 5) is 13.2. The van der Waals surface area contributed by atoms with Crippen LogP contribution in [0.25, 0.3) is 5.69 Å². The first-order valence-corrected chi connectivity index (χ1v) is 7.46. The Balaban J connectivity index is 2.17. The van der Waals surface area contributed by atoms with E-state index in [0.717, 1.165) is 22.8 Å². The number of fused-ring (bicyclic) bond motifs is 3. The molecule has 5 nitrogen and oxygen atoms in total. The van der Waals surface area contributed by atoms with E-state index in [2.05, 4.69) is 23.2 Å². The summed E-state index contributed by atoms with van der Waals surface area (Å²) in [6.07, 6.45) is 0.770. The topological polar surface area (TPSA) is 57.0 Å². The minimum Gasteiger partial charge on any atom is -0.460 e. The molecule has 2 aromatic rings. The van der Waals surface area contributed by atoms with Gasteiger partial charge in [0.1, 0.15) is 5.82 Å². The average molecular weight is 289 g/mol. The summed E-state index contributed by atoms with van der Waals surface area (Å²) in [5.74, 6) is 0.627. The Hall–Kier alpha value is -1.82. The molecular formula is C14H15N3O2S. The van der Waals surface area contributed by atoms with Gasteiger partial charge in [0.15, 0.2) is 0 Å². The monoisotopic (exact) mass is 289 g/mol. The van der Waals surface area contributed by atoms with E-state index in [4.69, 9.17) is 4.74 Å². The van der Waals surface area contributed by atoms with Gasteiger partial charge in [-0.15, -0.1) is 22.0 Å². The predicted octanol–water partition coefficient (Wildman–Crippen LogP) is 2.48. The Bertz CT molecular complexity index is 654. The molecule has 2 heterocycles. The number of rotatable bonds is 2. The molecule has 0 radical (unpaired) electrons. The molecule has 0 bridgehead atoms. The minimum absolute atomic E-state index is 0.254. The van der Waals surface area contributed by atoms with Crippen molar-refractivity contribution < 1.29 is 9.53 Å². The van der Waals surface area contributed by atoms with Gasteiger partial charge in [-0.25, -0.2) is 4.79 Å². The maximum atomic E-state index is 12.0. The van der Waals surface area contributed by atoms with Crippen LogP contribution in [0.4, 0.5) is 0 Å². The van der Waals surface area contributed by atoms with E-state index in [9.17, 15) is 4.79 Å². The molecule has 0 saturated heterocycles. The van der Waals surface area contributed by atoms with Crippen LogP contribution in [0.3, 0.4) is 0 Å². The fraction of sp³-hybridized carbons (Fsp3) is 0.357. The summed E-state index contributed by atoms with van der Waals surface area (Å²) in [6.45, 7) is 4.26. The number of para-hydroxylation sites is 1. The first-order valence-electron chi connectivity index (χ1n) is 6.58. The van der Waals surface area contributed by atoms with Gasteiger partial charge >= 0.3 is 5.97 Å². The summed E-state index contributed by atoms with van der Waals surface area (Å²) in [7, 11) is 0. The van der Waals surface area contributed by atoms with Crippen molar-refractivity contribution in [1.82, 2.24) is 14.8 Å². The zero-order valence-electron chi connectivity index (χ0n) is 11.4. The van der Waals surface area contributed by atoms with E-state index in [1.54, 1.807) is 18.7 Å². The highest BCUT2D eigenvalue weighted by molar-refractivity contribution is 8.00. The number of hydrogen-bond acceptors (Lipinski definition) is 5. The van der Waals surface area contributed by atoms with Gasteiger partial charge in [-0.1, -0.05) is 19.1 Å². The lowest BCUT2D eigenvalue weighted by Crippen LogP contribution is -2.14. The van der Waals surface area contributed by atoms with Gasteiger partial charge in [-0.3, -0.25) is 4.57 Å². The fourth-order valence-corrected chi connectivity index (χ4v) is 3.39. The smallest absolute Gasteiger partial charge is 0.376 e. The Kier molecular flexibility index (Phi) is 3.48. The standard InChI is InChI=1S/C14H15N3O2S/c1-3-19-14(18)13-16-15-12-8-9(2)20-11-7-5-4-6-10(11)17(12)13/h4-7,9H,3,8H2,1-2H3. The van der Waals surface area contributed by atoms with Gasteiger partial charge in [0.25, 0.3) is 0 Å². The predicted molar refractivity (Wildman–Crippen MR) is 76.3 cm³/mol. The molecule has 0 fully saturated rings. The van der Waals surface area contributed by atoms with Crippen LogP contribution in [0.2, 0.25) is 0 Å². The van der Waals surface area contributed by atoms with Crippen LogP contribution >= 0.6 is 11.8 Å². The molecule has 0 saturated carbocycles. The zero-order chi connectivity index (χ0) is 14.1. The Morgan fingerprint density at radius 2 is 2.25 bits per heavy atom. The van der Waals surface area contributed by atoms with Gasteiger partial charge in [0.2, 0.25) is 5.82 Å². The zero-order valence-corrected chi connectivity index (χ0v) is 12.2. The highest BCUT2D eigenvalue weighted by atomic mass is 32.2. The molecule has 0 N–H and O–H groups in total. The number of hydrogen-bond donors (Lipinski definition) is 0. The van der Waals surface area contributed by atoms with Crippen LogP contribution in [0.15, 0.2) is 29.2 Å². The second-order valence-corrected chi connectivity index (χ2v) is 6.08. The van der Waals surface area contributed by atoms with Crippen molar-refractivity contribution in [3.8, 4) is 5.69 Å². The van der Waals surface area contributed by atoms with Crippen molar-refractivity contribution in [2.45, 2.75) is 30.4 Å². The molecule has 0 aliphatic carbocycles. The van der Waals surface area contributed by atoms with Crippen molar-refractivity contribution >= 4 is 17.7 Å². The van der Waals surface area contributed by atoms with Crippen molar-refractivity contribution in [1.29, 1.82) is 0 Å². The van der Waals surface area contributed by atoms with Crippen LogP contribution < -0.4 is 0 Å². The number of nitrogens with zero attached hydrogens (tertiary/aromatic N) is 3. The van der Waals surface area contributed by atoms with Crippen LogP contribution in [0.1, 0.15) is 30.3 Å². The van der Waals surface area contributed by atoms with Gasteiger partial charge in [-0.2, -0.15) is 0 Å². The molecule has 1 aromatic carbocycles. The van der Waals surface area contributed by atoms with E-state index < -0.39 is 5.97 Å². The van der Waals surface area contributed by atoms with Crippen molar-refractivity contribution in [3.63, 3.8) is 0 Å². The SMILES string of the molecule is CCOC(=O)c1nnc2n1-c1ccccc1SC(C)C2. The Morgan fingerprint density at radius 1 is 1.45 bits per heavy atom. The molecule has 0 spiro atoms. The van der Waals surface area contributed by atoms with Crippen LogP contribution in [-0.4, -0.2) is 32.6 Å². The Labute approximate surface area is 121 Å². The first-order chi connectivity index (χ1) is 9.70. The van der Waals surface area contributed by atoms with E-state index in [1.165, 1.54) is 0 Å². The molecule has 20 heavy (non-hydrogen) atoms. The molecular weight excluding hydrogens is 274 g/mol. The fourth-order valence-electron chi connectivity index (χ4n) is 2.29. The molecule has 1 aliphatic rings. The van der Waals surface area contributed by atoms with Crippen molar-refractivity contribution in [3.05, 3.63) is 35.9 Å². The number of carbonyl (C=O) groups is 1. The van der Waals surface area contributed by atoms with E-state index >= 15 is 0 Å².